The second-order valence-corrected chi connectivity index (χ2v) is 7.13. The van der Waals surface area contributed by atoms with Gasteiger partial charge in [0.15, 0.2) is 5.88 Å². The molecule has 28 heavy (non-hydrogen) atoms. The molecule has 7 heteroatoms. The van der Waals surface area contributed by atoms with Gasteiger partial charge in [0, 0.05) is 18.7 Å². The molecule has 1 amide bonds. The van der Waals surface area contributed by atoms with Crippen molar-refractivity contribution in [3.8, 4) is 0 Å². The van der Waals surface area contributed by atoms with Crippen LogP contribution in [0.25, 0.3) is 6.08 Å². The summed E-state index contributed by atoms with van der Waals surface area (Å²) in [7, 11) is 0. The van der Waals surface area contributed by atoms with Gasteiger partial charge in [-0.3, -0.25) is 10.1 Å². The molecule has 0 bridgehead atoms. The number of hydrazone groups is 1. The maximum absolute atomic E-state index is 12.9. The second kappa shape index (κ2) is 7.61. The van der Waals surface area contributed by atoms with Gasteiger partial charge in [0.2, 0.25) is 0 Å². The van der Waals surface area contributed by atoms with Crippen LogP contribution in [0.2, 0.25) is 0 Å². The third kappa shape index (κ3) is 3.46. The number of aryl methyl sites for hydroxylation is 1. The van der Waals surface area contributed by atoms with E-state index in [-0.39, 0.29) is 12.5 Å². The van der Waals surface area contributed by atoms with Gasteiger partial charge in [0.1, 0.15) is 12.4 Å². The van der Waals surface area contributed by atoms with E-state index in [4.69, 9.17) is 9.67 Å². The molecule has 1 saturated heterocycles. The zero-order chi connectivity index (χ0) is 19.7. The minimum absolute atomic E-state index is 0.0478. The highest BCUT2D eigenvalue weighted by atomic mass is 17.1. The Kier molecular flexibility index (Phi) is 5.02. The third-order valence-electron chi connectivity index (χ3n) is 5.04. The van der Waals surface area contributed by atoms with Gasteiger partial charge in [-0.25, -0.2) is 4.89 Å². The van der Waals surface area contributed by atoms with E-state index in [9.17, 15) is 4.79 Å². The molecule has 4 rings (SSSR count). The minimum Gasteiger partial charge on any atom is -0.441 e. The number of anilines is 2. The Hall–Kier alpha value is -2.90. The third-order valence-corrected chi connectivity index (χ3v) is 5.04. The van der Waals surface area contributed by atoms with Gasteiger partial charge in [0.25, 0.3) is 5.91 Å². The molecule has 0 aliphatic carbocycles. The average molecular weight is 381 g/mol. The van der Waals surface area contributed by atoms with Gasteiger partial charge >= 0.3 is 0 Å². The number of furan rings is 1. The van der Waals surface area contributed by atoms with Gasteiger partial charge in [-0.1, -0.05) is 12.1 Å². The lowest BCUT2D eigenvalue weighted by molar-refractivity contribution is -0.253. The molecule has 0 unspecified atom stereocenters. The van der Waals surface area contributed by atoms with E-state index in [0.717, 1.165) is 30.1 Å². The first-order valence-corrected chi connectivity index (χ1v) is 9.39. The van der Waals surface area contributed by atoms with Crippen LogP contribution in [-0.4, -0.2) is 30.0 Å². The molecule has 7 nitrogen and oxygen atoms in total. The number of amides is 1. The first-order chi connectivity index (χ1) is 13.6. The molecule has 1 aromatic carbocycles. The summed E-state index contributed by atoms with van der Waals surface area (Å²) in [6.07, 6.45) is 4.11. The lowest BCUT2D eigenvalue weighted by atomic mass is 10.1. The van der Waals surface area contributed by atoms with Gasteiger partial charge < -0.3 is 9.32 Å². The van der Waals surface area contributed by atoms with Crippen LogP contribution >= 0.6 is 0 Å². The van der Waals surface area contributed by atoms with Gasteiger partial charge in [-0.05, 0) is 56.5 Å². The Bertz CT molecular complexity index is 954. The smallest absolute Gasteiger partial charge is 0.280 e. The van der Waals surface area contributed by atoms with Crippen molar-refractivity contribution < 1.29 is 19.4 Å². The van der Waals surface area contributed by atoms with Crippen molar-refractivity contribution >= 4 is 29.3 Å². The highest BCUT2D eigenvalue weighted by Crippen LogP contribution is 2.31. The molecule has 3 heterocycles. The maximum Gasteiger partial charge on any atom is 0.280 e. The molecule has 146 valence electrons. The van der Waals surface area contributed by atoms with Crippen molar-refractivity contribution in [1.29, 1.82) is 0 Å². The van der Waals surface area contributed by atoms with Crippen LogP contribution in [-0.2, 0) is 16.3 Å². The fourth-order valence-corrected chi connectivity index (χ4v) is 3.66. The maximum atomic E-state index is 12.9. The molecule has 0 spiro atoms. The van der Waals surface area contributed by atoms with E-state index in [2.05, 4.69) is 14.9 Å². The molecule has 2 aliphatic rings. The topological polar surface area (TPSA) is 78.5 Å². The largest absolute Gasteiger partial charge is 0.441 e. The summed E-state index contributed by atoms with van der Waals surface area (Å²) >= 11 is 0. The standard InChI is InChI=1S/C21H23N3O4/c1-14-10-18(28-21(14)23-8-3-4-9-23)12-19-15(2)22-24(20(19)25)17-7-5-6-16(11-17)13-27-26/h5-7,10-12,26H,3-4,8-9,13H2,1-2H3. The summed E-state index contributed by atoms with van der Waals surface area (Å²) < 4.78 is 6.03. The van der Waals surface area contributed by atoms with E-state index in [1.165, 1.54) is 17.9 Å². The van der Waals surface area contributed by atoms with Gasteiger partial charge in [0.05, 0.1) is 17.0 Å². The van der Waals surface area contributed by atoms with Crippen molar-refractivity contribution in [2.24, 2.45) is 5.10 Å². The molecule has 1 fully saturated rings. The second-order valence-electron chi connectivity index (χ2n) is 7.13. The van der Waals surface area contributed by atoms with E-state index < -0.39 is 0 Å². The van der Waals surface area contributed by atoms with Gasteiger partial charge in [-0.15, -0.1) is 0 Å². The lowest BCUT2D eigenvalue weighted by Crippen LogP contribution is -2.21. The van der Waals surface area contributed by atoms with Gasteiger partial charge in [-0.2, -0.15) is 10.1 Å². The molecule has 1 aromatic heterocycles. The van der Waals surface area contributed by atoms with E-state index in [0.29, 0.717) is 22.7 Å². The summed E-state index contributed by atoms with van der Waals surface area (Å²) in [5.74, 6) is 1.33. The van der Waals surface area contributed by atoms with Crippen LogP contribution in [0.5, 0.6) is 0 Å². The first-order valence-electron chi connectivity index (χ1n) is 9.39. The molecule has 0 radical (unpaired) electrons. The van der Waals surface area contributed by atoms with Crippen molar-refractivity contribution in [3.05, 3.63) is 52.8 Å². The average Bonchev–Trinajstić information content (AvgIpc) is 3.38. The van der Waals surface area contributed by atoms with Crippen LogP contribution in [0.4, 0.5) is 11.6 Å². The molecule has 2 aliphatic heterocycles. The Morgan fingerprint density at radius 2 is 2.04 bits per heavy atom. The first kappa shape index (κ1) is 18.5. The van der Waals surface area contributed by atoms with Crippen LogP contribution in [0.15, 0.2) is 45.4 Å². The fourth-order valence-electron chi connectivity index (χ4n) is 3.66. The monoisotopic (exact) mass is 381 g/mol. The number of rotatable bonds is 5. The minimum atomic E-state index is -0.212. The number of nitrogens with zero attached hydrogens (tertiary/aromatic N) is 3. The normalized spacial score (nSPS) is 18.5. The number of hydrogen-bond acceptors (Lipinski definition) is 6. The Morgan fingerprint density at radius 1 is 1.25 bits per heavy atom. The zero-order valence-electron chi connectivity index (χ0n) is 16.0. The van der Waals surface area contributed by atoms with Crippen LogP contribution < -0.4 is 9.91 Å². The number of benzene rings is 1. The lowest BCUT2D eigenvalue weighted by Gasteiger charge is -2.14. The number of carbonyl (C=O) groups excluding carboxylic acids is 1. The SMILES string of the molecule is CC1=NN(c2cccc(COO)c2)C(=O)C1=Cc1cc(C)c(N2CCCC2)o1. The van der Waals surface area contributed by atoms with Crippen LogP contribution in [0.1, 0.15) is 36.7 Å². The van der Waals surface area contributed by atoms with E-state index >= 15 is 0 Å². The van der Waals surface area contributed by atoms with Crippen LogP contribution in [0.3, 0.4) is 0 Å². The Balaban J connectivity index is 1.60. The quantitative estimate of drug-likeness (QED) is 0.481. The van der Waals surface area contributed by atoms with Crippen molar-refractivity contribution in [2.45, 2.75) is 33.3 Å². The summed E-state index contributed by atoms with van der Waals surface area (Å²) in [6.45, 7) is 5.89. The predicted molar refractivity (Wildman–Crippen MR) is 107 cm³/mol. The Labute approximate surface area is 163 Å². The summed E-state index contributed by atoms with van der Waals surface area (Å²) in [4.78, 5) is 19.4. The van der Waals surface area contributed by atoms with E-state index in [1.807, 2.05) is 19.9 Å². The highest BCUT2D eigenvalue weighted by molar-refractivity contribution is 6.32. The fraction of sp³-hybridized carbons (Fsp3) is 0.333. The number of carbonyl (C=O) groups is 1. The number of hydrogen-bond donors (Lipinski definition) is 1. The highest BCUT2D eigenvalue weighted by Gasteiger charge is 2.29. The summed E-state index contributed by atoms with van der Waals surface area (Å²) in [6, 6.07) is 9.11. The summed E-state index contributed by atoms with van der Waals surface area (Å²) in [5.41, 5.74) is 3.57. The van der Waals surface area contributed by atoms with Crippen molar-refractivity contribution in [2.75, 3.05) is 23.0 Å². The van der Waals surface area contributed by atoms with Crippen LogP contribution in [0, 0.1) is 6.92 Å². The predicted octanol–water partition coefficient (Wildman–Crippen LogP) is 3.98. The van der Waals surface area contributed by atoms with Crippen molar-refractivity contribution in [1.82, 2.24) is 0 Å². The summed E-state index contributed by atoms with van der Waals surface area (Å²) in [5, 5.41) is 14.4. The molecule has 1 N–H and O–H groups in total. The van der Waals surface area contributed by atoms with Crippen molar-refractivity contribution in [3.63, 3.8) is 0 Å². The zero-order valence-corrected chi connectivity index (χ0v) is 16.0. The molecule has 0 atom stereocenters. The van der Waals surface area contributed by atoms with E-state index in [1.54, 1.807) is 30.3 Å². The molecular weight excluding hydrogens is 358 g/mol. The molecule has 2 aromatic rings. The Morgan fingerprint density at radius 3 is 2.79 bits per heavy atom. The molecule has 0 saturated carbocycles. The molecular formula is C21H23N3O4.